The van der Waals surface area contributed by atoms with Crippen LogP contribution in [0.4, 0.5) is 72.3 Å². The van der Waals surface area contributed by atoms with E-state index < -0.39 is 72.9 Å². The largest absolute Gasteiger partial charge is 0.453 e. The van der Waals surface area contributed by atoms with Crippen LogP contribution in [0.2, 0.25) is 25.8 Å². The molecule has 0 bridgehead atoms. The summed E-state index contributed by atoms with van der Waals surface area (Å²) in [6.07, 6.45) is 40.3. The molecule has 0 radical (unpaired) electrons. The monoisotopic (exact) mass is 1810 g/mol. The minimum Gasteiger partial charge on any atom is -0.296 e. The lowest BCUT2D eigenvalue weighted by Gasteiger charge is -2.23. The van der Waals surface area contributed by atoms with E-state index in [1.165, 1.54) is 95.7 Å². The van der Waals surface area contributed by atoms with Crippen LogP contribution in [-0.2, 0) is 24.0 Å². The van der Waals surface area contributed by atoms with Gasteiger partial charge >= 0.3 is 18.3 Å². The van der Waals surface area contributed by atoms with Crippen LogP contribution in [0, 0.1) is 61.7 Å². The first-order valence-corrected chi connectivity index (χ1v) is 40.2. The van der Waals surface area contributed by atoms with Gasteiger partial charge in [0, 0.05) is 63.1 Å². The highest BCUT2D eigenvalue weighted by atomic mass is 35.5. The molecule has 10 aromatic heterocycles. The Bertz CT molecular complexity index is 5270. The first-order chi connectivity index (χ1) is 56.9. The van der Waals surface area contributed by atoms with Gasteiger partial charge < -0.3 is 0 Å². The predicted molar refractivity (Wildman–Crippen MR) is 447 cm³/mol. The quantitative estimate of drug-likeness (QED) is 0.0326. The molecule has 0 aliphatic rings. The van der Waals surface area contributed by atoms with Crippen molar-refractivity contribution in [3.8, 4) is 90.2 Å². The average Bonchev–Trinajstić information content (AvgIpc) is 1.57. The van der Waals surface area contributed by atoms with Gasteiger partial charge in [-0.25, -0.2) is 32.2 Å². The van der Waals surface area contributed by atoms with Crippen molar-refractivity contribution >= 4 is 151 Å². The van der Waals surface area contributed by atoms with Crippen molar-refractivity contribution < 1.29 is 67.9 Å². The maximum absolute atomic E-state index is 13.1. The molecule has 0 N–H and O–H groups in total. The number of hydrogen-bond donors (Lipinski definition) is 0. The Hall–Kier alpha value is -11.3. The van der Waals surface area contributed by atoms with Gasteiger partial charge in [0.05, 0.1) is 134 Å². The van der Waals surface area contributed by atoms with Gasteiger partial charge in [0.1, 0.15) is 33.7 Å². The fraction of sp³-hybridized carbons (Fsp3) is 0.286. The van der Waals surface area contributed by atoms with E-state index in [0.717, 1.165) is 28.1 Å². The first-order valence-electron chi connectivity index (χ1n) is 34.3. The third-order valence-electron chi connectivity index (χ3n) is 15.8. The Morgan fingerprint density at radius 1 is 0.425 bits per heavy atom. The minimum absolute atomic E-state index is 0.0150. The molecule has 2 unspecified atom stereocenters. The molecule has 0 saturated carbocycles. The molecule has 2 atom stereocenters. The Balaban J connectivity index is 0.000000233. The molecular formula is C77H69Cl5F10N20O5S3. The summed E-state index contributed by atoms with van der Waals surface area (Å²) in [5.41, 5.74) is 4.59. The normalized spacial score (nSPS) is 11.5. The fourth-order valence-electron chi connectivity index (χ4n) is 9.83. The van der Waals surface area contributed by atoms with E-state index in [0.29, 0.717) is 46.0 Å². The topological polar surface area (TPSA) is 255 Å². The summed E-state index contributed by atoms with van der Waals surface area (Å²) in [4.78, 5) is 87.4. The lowest BCUT2D eigenvalue weighted by atomic mass is 10.1. The first kappa shape index (κ1) is 97.6. The maximum atomic E-state index is 13.1. The standard InChI is InChI=1S/C16H12ClF5N4O.C16H14ClF3N4OS.C16H15ClF2N4O.C15H15ClN4OS.C14H13ClN4OS/c1-2-8-25(13(27)5-6-15(18,19)16(20,21)22)12-10-26(24-14(12)17)11-4-3-7-23-9-11;1-3-7-23(14(25)8-13(26-2)16(18,19)20)12-10-24(22-15(12)17)11-5-4-6-21-9-11;1-3-9-22(14(24)6-7-16(2,18)19)13-11-23(21-15(13)17)12-5-4-8-20-10-12;1-4-8-19(15(21)11(2)22-3)13-10-20(18-14(13)16)12-6-5-7-17-9-12;1-3-7-18(13(20)10-21-2)12-9-19(17-14(12)15)11-5-4-6-16-8-11/h1,3-4,7,9-10H,5-6,8H2;1,4-6,9-10,13H,7-8H2,2H3;1,4-5,8,10-11H,6-7,9H2,2H3;1,5-7,9-11H,8H2,2-3H3;1,4-6,8-9H,7,10H2,2H3. The van der Waals surface area contributed by atoms with E-state index in [4.69, 9.17) is 90.1 Å². The molecule has 10 rings (SSSR count). The van der Waals surface area contributed by atoms with Crippen LogP contribution in [-0.4, -0.2) is 195 Å². The zero-order valence-electron chi connectivity index (χ0n) is 63.6. The van der Waals surface area contributed by atoms with E-state index in [-0.39, 0.29) is 99.0 Å². The second-order valence-electron chi connectivity index (χ2n) is 24.2. The highest BCUT2D eigenvalue weighted by Gasteiger charge is 2.57. The van der Waals surface area contributed by atoms with Gasteiger partial charge in [0.25, 0.3) is 0 Å². The van der Waals surface area contributed by atoms with E-state index in [1.54, 1.807) is 114 Å². The SMILES string of the molecule is C#CCN(C(=O)C(C)SC)c1cn(-c2cccnc2)nc1Cl.C#CCN(C(=O)CC(SC)C(F)(F)F)c1cn(-c2cccnc2)nc1Cl.C#CCN(C(=O)CCC(C)(F)F)c1cn(-c2cccnc2)nc1Cl.C#CCN(C(=O)CCC(F)(F)C(F)(F)F)c1cn(-c2cccnc2)nc1Cl.C#CCN(C(=O)CSC)c1cn(-c2cccnc2)nc1Cl. The van der Waals surface area contributed by atoms with Crippen molar-refractivity contribution in [3.05, 3.63) is 179 Å². The number of carbonyl (C=O) groups excluding carboxylic acids is 5. The molecule has 630 valence electrons. The minimum atomic E-state index is -5.74. The molecule has 5 amide bonds. The van der Waals surface area contributed by atoms with Crippen LogP contribution >= 0.6 is 93.3 Å². The number of carbonyl (C=O) groups is 5. The number of thioether (sulfide) groups is 3. The third kappa shape index (κ3) is 28.2. The average molecular weight is 1820 g/mol. The van der Waals surface area contributed by atoms with E-state index in [1.807, 2.05) is 31.6 Å². The molecule has 0 saturated heterocycles. The van der Waals surface area contributed by atoms with Crippen LogP contribution in [0.3, 0.4) is 0 Å². The molecular weight excluding hydrogens is 1750 g/mol. The van der Waals surface area contributed by atoms with Crippen LogP contribution in [0.5, 0.6) is 0 Å². The number of nitrogens with zero attached hydrogens (tertiary/aromatic N) is 20. The van der Waals surface area contributed by atoms with Crippen LogP contribution in [0.25, 0.3) is 28.4 Å². The zero-order valence-corrected chi connectivity index (χ0v) is 69.9. The Labute approximate surface area is 720 Å². The van der Waals surface area contributed by atoms with Crippen molar-refractivity contribution in [1.82, 2.24) is 73.8 Å². The summed E-state index contributed by atoms with van der Waals surface area (Å²) in [5, 5.41) is 18.8. The summed E-state index contributed by atoms with van der Waals surface area (Å²) in [5.74, 6) is 1.53. The van der Waals surface area contributed by atoms with Gasteiger partial charge in [0.2, 0.25) is 35.5 Å². The molecule has 43 heteroatoms. The van der Waals surface area contributed by atoms with Crippen LogP contribution in [0.15, 0.2) is 154 Å². The number of aromatic nitrogens is 15. The lowest BCUT2D eigenvalue weighted by molar-refractivity contribution is -0.284. The Morgan fingerprint density at radius 2 is 0.700 bits per heavy atom. The molecule has 0 aliphatic heterocycles. The van der Waals surface area contributed by atoms with Crippen molar-refractivity contribution in [2.75, 3.05) is 81.7 Å². The van der Waals surface area contributed by atoms with Crippen molar-refractivity contribution in [1.29, 1.82) is 0 Å². The summed E-state index contributed by atoms with van der Waals surface area (Å²) < 4.78 is 135. The summed E-state index contributed by atoms with van der Waals surface area (Å²) in [6.45, 7) is 2.19. The summed E-state index contributed by atoms with van der Waals surface area (Å²) in [6, 6.07) is 17.4. The lowest BCUT2D eigenvalue weighted by Crippen LogP contribution is -2.39. The predicted octanol–water partition coefficient (Wildman–Crippen LogP) is 15.6. The van der Waals surface area contributed by atoms with Crippen LogP contribution < -0.4 is 24.5 Å². The fourth-order valence-corrected chi connectivity index (χ4v) is 12.3. The summed E-state index contributed by atoms with van der Waals surface area (Å²) >= 11 is 34.0. The van der Waals surface area contributed by atoms with Gasteiger partial charge in [-0.05, 0) is 93.3 Å². The van der Waals surface area contributed by atoms with Crippen molar-refractivity contribution in [3.63, 3.8) is 0 Å². The van der Waals surface area contributed by atoms with Crippen molar-refractivity contribution in [2.45, 2.75) is 80.6 Å². The molecule has 25 nitrogen and oxygen atoms in total. The van der Waals surface area contributed by atoms with E-state index in [2.05, 4.69) is 80.0 Å². The number of rotatable bonds is 28. The molecule has 0 aliphatic carbocycles. The highest BCUT2D eigenvalue weighted by molar-refractivity contribution is 8.00. The second-order valence-corrected chi connectivity index (χ2v) is 29.1. The van der Waals surface area contributed by atoms with Gasteiger partial charge in [-0.2, -0.15) is 95.9 Å². The molecule has 0 aromatic carbocycles. The number of hydrogen-bond acceptors (Lipinski definition) is 18. The smallest absolute Gasteiger partial charge is 0.296 e. The number of amides is 5. The van der Waals surface area contributed by atoms with Gasteiger partial charge in [-0.3, -0.25) is 73.4 Å². The summed E-state index contributed by atoms with van der Waals surface area (Å²) in [7, 11) is 0. The van der Waals surface area contributed by atoms with Gasteiger partial charge in [-0.1, -0.05) is 87.6 Å². The van der Waals surface area contributed by atoms with E-state index in [9.17, 15) is 67.9 Å². The van der Waals surface area contributed by atoms with Crippen molar-refractivity contribution in [2.24, 2.45) is 0 Å². The third-order valence-corrected chi connectivity index (χ3v) is 19.6. The van der Waals surface area contributed by atoms with E-state index >= 15 is 0 Å². The van der Waals surface area contributed by atoms with Gasteiger partial charge in [0.15, 0.2) is 25.8 Å². The van der Waals surface area contributed by atoms with Crippen LogP contribution in [0.1, 0.15) is 46.0 Å². The molecule has 0 spiro atoms. The molecule has 10 heterocycles. The Morgan fingerprint density at radius 3 is 0.942 bits per heavy atom. The number of terminal acetylenes is 5. The molecule has 0 fully saturated rings. The molecule has 120 heavy (non-hydrogen) atoms. The second kappa shape index (κ2) is 46.4. The highest BCUT2D eigenvalue weighted by Crippen LogP contribution is 2.40. The maximum Gasteiger partial charge on any atom is 0.453 e. The number of halogens is 15. The zero-order chi connectivity index (χ0) is 88.7. The number of alkyl halides is 10. The Kier molecular flexibility index (Phi) is 37.7. The number of anilines is 5. The molecule has 10 aromatic rings. The number of pyridine rings is 5. The van der Waals surface area contributed by atoms with Gasteiger partial charge in [-0.15, -0.1) is 32.1 Å².